The second kappa shape index (κ2) is 13.7. The lowest BCUT2D eigenvalue weighted by atomic mass is 10.2. The zero-order valence-electron chi connectivity index (χ0n) is 18.0. The molecule has 0 aromatic heterocycles. The van der Waals surface area contributed by atoms with Crippen molar-refractivity contribution in [3.05, 3.63) is 59.7 Å². The Labute approximate surface area is 195 Å². The number of halogens is 1. The summed E-state index contributed by atoms with van der Waals surface area (Å²) >= 11 is 0. The fourth-order valence-corrected chi connectivity index (χ4v) is 2.82. The van der Waals surface area contributed by atoms with E-state index in [-0.39, 0.29) is 29.9 Å². The molecule has 0 saturated carbocycles. The molecule has 0 aliphatic heterocycles. The number of carbonyl (C=O) groups is 1. The molecule has 0 aliphatic carbocycles. The van der Waals surface area contributed by atoms with E-state index >= 15 is 0 Å². The zero-order chi connectivity index (χ0) is 21.1. The average molecular weight is 526 g/mol. The van der Waals surface area contributed by atoms with Crippen molar-refractivity contribution in [3.63, 3.8) is 0 Å². The summed E-state index contributed by atoms with van der Waals surface area (Å²) in [5, 5.41) is 6.41. The van der Waals surface area contributed by atoms with Crippen molar-refractivity contribution in [3.8, 4) is 11.5 Å². The first kappa shape index (κ1) is 25.5. The first-order valence-corrected chi connectivity index (χ1v) is 9.50. The fraction of sp³-hybridized carbons (Fsp3) is 0.364. The van der Waals surface area contributed by atoms with E-state index < -0.39 is 0 Å². The van der Waals surface area contributed by atoms with Crippen molar-refractivity contribution >= 4 is 35.8 Å². The number of nitrogens with zero attached hydrogens (tertiary/aromatic N) is 2. The third-order valence-electron chi connectivity index (χ3n) is 4.48. The molecule has 2 aromatic carbocycles. The molecule has 0 heterocycles. The van der Waals surface area contributed by atoms with E-state index in [9.17, 15) is 4.79 Å². The van der Waals surface area contributed by atoms with Crippen molar-refractivity contribution in [1.82, 2.24) is 15.5 Å². The molecule has 30 heavy (non-hydrogen) atoms. The number of nitrogens with one attached hydrogen (secondary N) is 2. The van der Waals surface area contributed by atoms with Gasteiger partial charge in [-0.05, 0) is 17.7 Å². The highest BCUT2D eigenvalue weighted by molar-refractivity contribution is 14.0. The summed E-state index contributed by atoms with van der Waals surface area (Å²) < 4.78 is 10.6. The average Bonchev–Trinajstić information content (AvgIpc) is 2.76. The molecule has 0 aliphatic rings. The maximum atomic E-state index is 12.3. The van der Waals surface area contributed by atoms with E-state index in [4.69, 9.17) is 9.47 Å². The number of hydrogen-bond donors (Lipinski definition) is 2. The first-order chi connectivity index (χ1) is 14.1. The lowest BCUT2D eigenvalue weighted by Gasteiger charge is -2.18. The summed E-state index contributed by atoms with van der Waals surface area (Å²) in [5.74, 6) is 2.19. The summed E-state index contributed by atoms with van der Waals surface area (Å²) in [5.41, 5.74) is 2.09. The van der Waals surface area contributed by atoms with Crippen LogP contribution in [0.15, 0.2) is 53.5 Å². The summed E-state index contributed by atoms with van der Waals surface area (Å²) in [7, 11) is 6.77. The predicted molar refractivity (Wildman–Crippen MR) is 131 cm³/mol. The number of ether oxygens (including phenoxy) is 2. The molecule has 8 heteroatoms. The van der Waals surface area contributed by atoms with Crippen LogP contribution < -0.4 is 20.1 Å². The Morgan fingerprint density at radius 2 is 1.80 bits per heavy atom. The lowest BCUT2D eigenvalue weighted by molar-refractivity contribution is -0.130. The number of hydrogen-bond acceptors (Lipinski definition) is 4. The van der Waals surface area contributed by atoms with Crippen LogP contribution in [0, 0.1) is 0 Å². The largest absolute Gasteiger partial charge is 0.497 e. The predicted octanol–water partition coefficient (Wildman–Crippen LogP) is 3.04. The molecule has 0 atom stereocenters. The standard InChI is InChI=1S/C22H30N4O3.HI/c1-23-22(25-15-18-10-11-19(28-3)14-20(18)29-4)24-13-12-21(27)26(2)16-17-8-6-5-7-9-17;/h5-11,14H,12-13,15-16H2,1-4H3,(H2,23,24,25);1H. The van der Waals surface area contributed by atoms with Crippen LogP contribution >= 0.6 is 24.0 Å². The van der Waals surface area contributed by atoms with Crippen LogP contribution in [0.1, 0.15) is 17.5 Å². The Hall–Kier alpha value is -2.49. The lowest BCUT2D eigenvalue weighted by Crippen LogP contribution is -2.39. The number of guanidine groups is 1. The van der Waals surface area contributed by atoms with Gasteiger partial charge in [0.15, 0.2) is 5.96 Å². The van der Waals surface area contributed by atoms with Crippen LogP contribution in [0.4, 0.5) is 0 Å². The zero-order valence-corrected chi connectivity index (χ0v) is 20.3. The van der Waals surface area contributed by atoms with Crippen LogP contribution in [0.5, 0.6) is 11.5 Å². The van der Waals surface area contributed by atoms with Crippen molar-refractivity contribution < 1.29 is 14.3 Å². The Morgan fingerprint density at radius 3 is 2.43 bits per heavy atom. The maximum absolute atomic E-state index is 12.3. The van der Waals surface area contributed by atoms with E-state index in [1.54, 1.807) is 26.2 Å². The second-order valence-electron chi connectivity index (χ2n) is 6.52. The molecule has 164 valence electrons. The topological polar surface area (TPSA) is 75.2 Å². The minimum atomic E-state index is 0. The minimum absolute atomic E-state index is 0. The summed E-state index contributed by atoms with van der Waals surface area (Å²) in [6, 6.07) is 15.6. The SMILES string of the molecule is CN=C(NCCC(=O)N(C)Cc1ccccc1)NCc1ccc(OC)cc1OC.I. The molecule has 0 saturated heterocycles. The third kappa shape index (κ3) is 8.10. The highest BCUT2D eigenvalue weighted by Gasteiger charge is 2.10. The smallest absolute Gasteiger partial charge is 0.224 e. The van der Waals surface area contributed by atoms with Crippen molar-refractivity contribution in [2.24, 2.45) is 4.99 Å². The van der Waals surface area contributed by atoms with Crippen LogP contribution in [0.3, 0.4) is 0 Å². The molecule has 2 aromatic rings. The molecule has 0 bridgehead atoms. The van der Waals surface area contributed by atoms with Gasteiger partial charge in [0.2, 0.25) is 5.91 Å². The molecule has 2 rings (SSSR count). The van der Waals surface area contributed by atoms with Crippen LogP contribution in [0.25, 0.3) is 0 Å². The van der Waals surface area contributed by atoms with Crippen LogP contribution in [-0.2, 0) is 17.9 Å². The van der Waals surface area contributed by atoms with E-state index in [0.29, 0.717) is 32.0 Å². The van der Waals surface area contributed by atoms with E-state index in [1.165, 1.54) is 0 Å². The molecule has 0 unspecified atom stereocenters. The number of methoxy groups -OCH3 is 2. The number of aliphatic imine (C=N–C) groups is 1. The van der Waals surface area contributed by atoms with E-state index in [0.717, 1.165) is 22.6 Å². The molecule has 0 radical (unpaired) electrons. The highest BCUT2D eigenvalue weighted by Crippen LogP contribution is 2.24. The summed E-state index contributed by atoms with van der Waals surface area (Å²) in [4.78, 5) is 18.3. The summed E-state index contributed by atoms with van der Waals surface area (Å²) in [6.07, 6.45) is 0.385. The number of rotatable bonds is 9. The van der Waals surface area contributed by atoms with Gasteiger partial charge in [0.05, 0.1) is 14.2 Å². The van der Waals surface area contributed by atoms with Gasteiger partial charge < -0.3 is 25.0 Å². The monoisotopic (exact) mass is 526 g/mol. The highest BCUT2D eigenvalue weighted by atomic mass is 127. The Balaban J connectivity index is 0.00000450. The van der Waals surface area contributed by atoms with Gasteiger partial charge in [-0.2, -0.15) is 0 Å². The first-order valence-electron chi connectivity index (χ1n) is 9.50. The van der Waals surface area contributed by atoms with Gasteiger partial charge in [0.25, 0.3) is 0 Å². The second-order valence-corrected chi connectivity index (χ2v) is 6.52. The maximum Gasteiger partial charge on any atom is 0.224 e. The molecular formula is C22H31IN4O3. The minimum Gasteiger partial charge on any atom is -0.497 e. The fourth-order valence-electron chi connectivity index (χ4n) is 2.82. The van der Waals surface area contributed by atoms with Crippen molar-refractivity contribution in [2.45, 2.75) is 19.5 Å². The third-order valence-corrected chi connectivity index (χ3v) is 4.48. The summed E-state index contributed by atoms with van der Waals surface area (Å²) in [6.45, 7) is 1.63. The van der Waals surface area contributed by atoms with Crippen LogP contribution in [-0.4, -0.2) is 51.6 Å². The Kier molecular flexibility index (Phi) is 11.7. The van der Waals surface area contributed by atoms with Crippen molar-refractivity contribution in [1.29, 1.82) is 0 Å². The van der Waals surface area contributed by atoms with E-state index in [1.807, 2.05) is 55.6 Å². The van der Waals surface area contributed by atoms with Crippen LogP contribution in [0.2, 0.25) is 0 Å². The Morgan fingerprint density at radius 1 is 1.07 bits per heavy atom. The van der Waals surface area contributed by atoms with Gasteiger partial charge >= 0.3 is 0 Å². The Bertz CT molecular complexity index is 815. The van der Waals surface area contributed by atoms with Gasteiger partial charge in [-0.15, -0.1) is 24.0 Å². The molecule has 7 nitrogen and oxygen atoms in total. The van der Waals surface area contributed by atoms with Gasteiger partial charge in [-0.3, -0.25) is 9.79 Å². The van der Waals surface area contributed by atoms with E-state index in [2.05, 4.69) is 15.6 Å². The van der Waals surface area contributed by atoms with Gasteiger partial charge in [0, 0.05) is 51.8 Å². The van der Waals surface area contributed by atoms with Gasteiger partial charge in [-0.25, -0.2) is 0 Å². The number of carbonyl (C=O) groups excluding carboxylic acids is 1. The molecule has 0 spiro atoms. The molecule has 0 fully saturated rings. The molecule has 1 amide bonds. The van der Waals surface area contributed by atoms with Gasteiger partial charge in [-0.1, -0.05) is 30.3 Å². The normalized spacial score (nSPS) is 10.6. The molecular weight excluding hydrogens is 495 g/mol. The number of amides is 1. The quantitative estimate of drug-likeness (QED) is 0.299. The number of benzene rings is 2. The van der Waals surface area contributed by atoms with Crippen molar-refractivity contribution in [2.75, 3.05) is 34.9 Å². The van der Waals surface area contributed by atoms with Gasteiger partial charge in [0.1, 0.15) is 11.5 Å². The molecule has 2 N–H and O–H groups in total.